The van der Waals surface area contributed by atoms with Gasteiger partial charge in [-0.3, -0.25) is 13.9 Å². The van der Waals surface area contributed by atoms with E-state index in [9.17, 15) is 18.0 Å². The molecule has 0 bridgehead atoms. The monoisotopic (exact) mass is 527 g/mol. The molecule has 3 rings (SSSR count). The summed E-state index contributed by atoms with van der Waals surface area (Å²) in [5.41, 5.74) is 1.46. The second kappa shape index (κ2) is 12.6. The van der Waals surface area contributed by atoms with Crippen molar-refractivity contribution in [2.75, 3.05) is 43.2 Å². The fraction of sp³-hybridized carbons (Fsp3) is 0.231. The molecule has 3 aromatic rings. The molecule has 2 amide bonds. The summed E-state index contributed by atoms with van der Waals surface area (Å²) in [5, 5.41) is 5.57. The Labute approximate surface area is 216 Å². The summed E-state index contributed by atoms with van der Waals surface area (Å²) < 4.78 is 32.2. The molecular formula is C26H29N3O5S2. The van der Waals surface area contributed by atoms with Gasteiger partial charge in [0.25, 0.3) is 21.8 Å². The van der Waals surface area contributed by atoms with Gasteiger partial charge in [-0.05, 0) is 73.3 Å². The molecule has 190 valence electrons. The van der Waals surface area contributed by atoms with Crippen LogP contribution >= 0.6 is 11.8 Å². The van der Waals surface area contributed by atoms with Crippen molar-refractivity contribution >= 4 is 45.0 Å². The number of hydrogen-bond donors (Lipinski definition) is 2. The zero-order valence-electron chi connectivity index (χ0n) is 20.4. The number of anilines is 2. The molecule has 0 aliphatic rings. The molecule has 0 spiro atoms. The van der Waals surface area contributed by atoms with E-state index in [2.05, 4.69) is 10.6 Å². The summed E-state index contributed by atoms with van der Waals surface area (Å²) in [6, 6.07) is 19.6. The lowest BCUT2D eigenvalue weighted by molar-refractivity contribution is 0.0949. The van der Waals surface area contributed by atoms with Crippen molar-refractivity contribution in [3.05, 3.63) is 83.9 Å². The van der Waals surface area contributed by atoms with Crippen LogP contribution in [-0.2, 0) is 14.8 Å². The molecule has 0 heterocycles. The van der Waals surface area contributed by atoms with Crippen LogP contribution in [0.3, 0.4) is 0 Å². The minimum absolute atomic E-state index is 0.182. The third-order valence-corrected chi connectivity index (χ3v) is 7.98. The fourth-order valence-corrected chi connectivity index (χ4v) is 4.97. The minimum atomic E-state index is -3.75. The first kappa shape index (κ1) is 27.3. The van der Waals surface area contributed by atoms with Crippen molar-refractivity contribution in [1.29, 1.82) is 0 Å². The average molecular weight is 528 g/mol. The molecule has 10 heteroatoms. The van der Waals surface area contributed by atoms with Gasteiger partial charge in [-0.15, -0.1) is 11.8 Å². The third kappa shape index (κ3) is 6.66. The predicted octanol–water partition coefficient (Wildman–Crippen LogP) is 4.25. The maximum atomic E-state index is 13.0. The van der Waals surface area contributed by atoms with E-state index in [1.165, 1.54) is 23.1 Å². The molecule has 0 unspecified atom stereocenters. The Bertz CT molecular complexity index is 1290. The van der Waals surface area contributed by atoms with Gasteiger partial charge in [0.05, 0.1) is 21.8 Å². The Morgan fingerprint density at radius 1 is 0.944 bits per heavy atom. The number of methoxy groups -OCH3 is 1. The van der Waals surface area contributed by atoms with Crippen molar-refractivity contribution in [2.45, 2.75) is 16.2 Å². The first-order chi connectivity index (χ1) is 17.3. The highest BCUT2D eigenvalue weighted by Crippen LogP contribution is 2.25. The van der Waals surface area contributed by atoms with E-state index in [1.807, 2.05) is 6.26 Å². The van der Waals surface area contributed by atoms with Crippen LogP contribution in [0.15, 0.2) is 82.6 Å². The largest absolute Gasteiger partial charge is 0.385 e. The van der Waals surface area contributed by atoms with E-state index in [0.717, 1.165) is 4.90 Å². The smallest absolute Gasteiger partial charge is 0.264 e. The minimum Gasteiger partial charge on any atom is -0.385 e. The van der Waals surface area contributed by atoms with Gasteiger partial charge in [-0.2, -0.15) is 0 Å². The third-order valence-electron chi connectivity index (χ3n) is 5.44. The van der Waals surface area contributed by atoms with Crippen LogP contribution in [0.4, 0.5) is 11.4 Å². The molecule has 0 saturated carbocycles. The van der Waals surface area contributed by atoms with Gasteiger partial charge in [0.15, 0.2) is 0 Å². The Morgan fingerprint density at radius 3 is 2.25 bits per heavy atom. The topological polar surface area (TPSA) is 105 Å². The summed E-state index contributed by atoms with van der Waals surface area (Å²) >= 11 is 1.53. The van der Waals surface area contributed by atoms with Crippen LogP contribution in [0, 0.1) is 0 Å². The Kier molecular flexibility index (Phi) is 9.51. The first-order valence-corrected chi connectivity index (χ1v) is 13.8. The zero-order chi connectivity index (χ0) is 26.1. The number of carbonyl (C=O) groups excluding carboxylic acids is 2. The van der Waals surface area contributed by atoms with Crippen molar-refractivity contribution < 1.29 is 22.7 Å². The van der Waals surface area contributed by atoms with Gasteiger partial charge in [-0.1, -0.05) is 12.1 Å². The Morgan fingerprint density at radius 2 is 1.61 bits per heavy atom. The number of ether oxygens (including phenoxy) is 1. The van der Waals surface area contributed by atoms with Gasteiger partial charge in [-0.25, -0.2) is 8.42 Å². The van der Waals surface area contributed by atoms with E-state index < -0.39 is 15.9 Å². The van der Waals surface area contributed by atoms with E-state index in [1.54, 1.807) is 79.9 Å². The highest BCUT2D eigenvalue weighted by Gasteiger charge is 2.22. The summed E-state index contributed by atoms with van der Waals surface area (Å²) in [5.74, 6) is -0.714. The lowest BCUT2D eigenvalue weighted by atomic mass is 10.1. The number of hydrogen-bond acceptors (Lipinski definition) is 6. The number of benzene rings is 3. The van der Waals surface area contributed by atoms with Crippen LogP contribution in [0.25, 0.3) is 0 Å². The summed E-state index contributed by atoms with van der Waals surface area (Å²) in [4.78, 5) is 26.6. The Hall–Kier alpha value is -3.34. The van der Waals surface area contributed by atoms with Gasteiger partial charge in [0, 0.05) is 37.8 Å². The number of amides is 2. The Balaban J connectivity index is 1.71. The molecule has 0 aromatic heterocycles. The number of sulfonamides is 1. The quantitative estimate of drug-likeness (QED) is 0.285. The first-order valence-electron chi connectivity index (χ1n) is 11.2. The highest BCUT2D eigenvalue weighted by molar-refractivity contribution is 7.98. The molecular weight excluding hydrogens is 498 g/mol. The van der Waals surface area contributed by atoms with Gasteiger partial charge in [0.1, 0.15) is 0 Å². The number of carbonyl (C=O) groups is 2. The van der Waals surface area contributed by atoms with Crippen LogP contribution in [0.1, 0.15) is 27.1 Å². The normalized spacial score (nSPS) is 11.1. The number of nitrogens with zero attached hydrogens (tertiary/aromatic N) is 1. The van der Waals surface area contributed by atoms with E-state index in [4.69, 9.17) is 4.74 Å². The standard InChI is InChI=1S/C26H29N3O5S2/c1-29(36(32,33)22-15-13-21(35-3)14-16-22)20-11-9-19(10-12-20)25(30)28-24-8-5-4-7-23(24)26(31)27-17-6-18-34-2/h4-5,7-16H,6,17-18H2,1-3H3,(H,27,31)(H,28,30). The highest BCUT2D eigenvalue weighted by atomic mass is 32.2. The predicted molar refractivity (Wildman–Crippen MR) is 143 cm³/mol. The second-order valence-corrected chi connectivity index (χ2v) is 10.6. The zero-order valence-corrected chi connectivity index (χ0v) is 22.0. The number of nitrogens with one attached hydrogen (secondary N) is 2. The lowest BCUT2D eigenvalue weighted by Crippen LogP contribution is -2.27. The molecule has 8 nitrogen and oxygen atoms in total. The maximum absolute atomic E-state index is 13.0. The molecule has 0 aliphatic heterocycles. The van der Waals surface area contributed by atoms with Crippen molar-refractivity contribution in [2.24, 2.45) is 0 Å². The van der Waals surface area contributed by atoms with Crippen molar-refractivity contribution in [1.82, 2.24) is 5.32 Å². The molecule has 2 N–H and O–H groups in total. The molecule has 0 atom stereocenters. The maximum Gasteiger partial charge on any atom is 0.264 e. The lowest BCUT2D eigenvalue weighted by Gasteiger charge is -2.20. The SMILES string of the molecule is COCCCNC(=O)c1ccccc1NC(=O)c1ccc(N(C)S(=O)(=O)c2ccc(SC)cc2)cc1. The molecule has 3 aromatic carbocycles. The van der Waals surface area contributed by atoms with E-state index in [-0.39, 0.29) is 10.8 Å². The van der Waals surface area contributed by atoms with Crippen LogP contribution in [-0.4, -0.2) is 53.8 Å². The van der Waals surface area contributed by atoms with Gasteiger partial charge < -0.3 is 15.4 Å². The number of para-hydroxylation sites is 1. The van der Waals surface area contributed by atoms with Crippen LogP contribution in [0.2, 0.25) is 0 Å². The van der Waals surface area contributed by atoms with E-state index >= 15 is 0 Å². The summed E-state index contributed by atoms with van der Waals surface area (Å²) in [7, 11) is -0.690. The van der Waals surface area contributed by atoms with E-state index in [0.29, 0.717) is 42.1 Å². The van der Waals surface area contributed by atoms with Gasteiger partial charge >= 0.3 is 0 Å². The number of thioether (sulfide) groups is 1. The van der Waals surface area contributed by atoms with Crippen molar-refractivity contribution in [3.63, 3.8) is 0 Å². The summed E-state index contributed by atoms with van der Waals surface area (Å²) in [6.07, 6.45) is 2.60. The van der Waals surface area contributed by atoms with Crippen LogP contribution in [0.5, 0.6) is 0 Å². The summed E-state index contributed by atoms with van der Waals surface area (Å²) in [6.45, 7) is 0.990. The van der Waals surface area contributed by atoms with Gasteiger partial charge in [0.2, 0.25) is 0 Å². The second-order valence-electron chi connectivity index (χ2n) is 7.80. The molecule has 0 fully saturated rings. The number of rotatable bonds is 11. The molecule has 36 heavy (non-hydrogen) atoms. The van der Waals surface area contributed by atoms with Crippen LogP contribution < -0.4 is 14.9 Å². The fourth-order valence-electron chi connectivity index (χ4n) is 3.37. The molecule has 0 saturated heterocycles. The van der Waals surface area contributed by atoms with Crippen molar-refractivity contribution in [3.8, 4) is 0 Å². The molecule has 0 aliphatic carbocycles. The molecule has 0 radical (unpaired) electrons. The average Bonchev–Trinajstić information content (AvgIpc) is 2.91.